The SMILES string of the molecule is CBr.CN1[C@@H]2CC[C@H]1CC(OC1c3ccccc3CS(=O)c3ccccc31)C2. The first kappa shape index (κ1) is 20.3. The fourth-order valence-corrected chi connectivity index (χ4v) is 6.39. The molecule has 5 rings (SSSR count). The molecule has 3 aliphatic heterocycles. The lowest BCUT2D eigenvalue weighted by Crippen LogP contribution is -2.43. The van der Waals surface area contributed by atoms with Gasteiger partial charge in [-0.15, -0.1) is 0 Å². The summed E-state index contributed by atoms with van der Waals surface area (Å²) in [5.41, 5.74) is 3.43. The van der Waals surface area contributed by atoms with Crippen LogP contribution in [0.15, 0.2) is 53.4 Å². The molecule has 0 radical (unpaired) electrons. The van der Waals surface area contributed by atoms with Gasteiger partial charge in [0.25, 0.3) is 0 Å². The van der Waals surface area contributed by atoms with Crippen LogP contribution in [-0.2, 0) is 21.3 Å². The molecule has 150 valence electrons. The summed E-state index contributed by atoms with van der Waals surface area (Å²) < 4.78 is 19.7. The van der Waals surface area contributed by atoms with Crippen molar-refractivity contribution in [2.75, 3.05) is 12.9 Å². The molecule has 2 aromatic rings. The molecule has 0 saturated carbocycles. The number of hydrogen-bond acceptors (Lipinski definition) is 3. The predicted octanol–water partition coefficient (Wildman–Crippen LogP) is 5.05. The van der Waals surface area contributed by atoms with E-state index in [0.717, 1.165) is 28.9 Å². The summed E-state index contributed by atoms with van der Waals surface area (Å²) in [7, 11) is 1.25. The van der Waals surface area contributed by atoms with E-state index in [4.69, 9.17) is 4.74 Å². The lowest BCUT2D eigenvalue weighted by atomic mass is 9.95. The number of piperidine rings is 1. The minimum Gasteiger partial charge on any atom is -0.365 e. The van der Waals surface area contributed by atoms with Gasteiger partial charge in [-0.25, -0.2) is 0 Å². The normalized spacial score (nSPS) is 31.2. The third kappa shape index (κ3) is 3.74. The van der Waals surface area contributed by atoms with E-state index in [1.165, 1.54) is 18.4 Å². The average molecular weight is 462 g/mol. The highest BCUT2D eigenvalue weighted by Gasteiger charge is 2.40. The lowest BCUT2D eigenvalue weighted by molar-refractivity contribution is -0.0435. The van der Waals surface area contributed by atoms with Crippen molar-refractivity contribution >= 4 is 26.7 Å². The number of halogens is 1. The summed E-state index contributed by atoms with van der Waals surface area (Å²) in [6, 6.07) is 17.8. The van der Waals surface area contributed by atoms with Crippen LogP contribution in [0.5, 0.6) is 0 Å². The molecular formula is C23H28BrNO2S. The van der Waals surface area contributed by atoms with E-state index in [1.807, 2.05) is 30.1 Å². The largest absolute Gasteiger partial charge is 0.365 e. The van der Waals surface area contributed by atoms with Crippen LogP contribution >= 0.6 is 15.9 Å². The number of nitrogens with zero attached hydrogens (tertiary/aromatic N) is 1. The van der Waals surface area contributed by atoms with Crippen molar-refractivity contribution in [2.45, 2.75) is 60.6 Å². The van der Waals surface area contributed by atoms with Gasteiger partial charge in [0.1, 0.15) is 6.10 Å². The van der Waals surface area contributed by atoms with Crippen molar-refractivity contribution in [3.05, 3.63) is 65.2 Å². The summed E-state index contributed by atoms with van der Waals surface area (Å²) in [4.78, 5) is 3.48. The highest BCUT2D eigenvalue weighted by molar-refractivity contribution is 9.08. The van der Waals surface area contributed by atoms with Gasteiger partial charge in [-0.05, 0) is 55.8 Å². The van der Waals surface area contributed by atoms with Crippen LogP contribution in [0.3, 0.4) is 0 Å². The first-order valence-electron chi connectivity index (χ1n) is 10.0. The zero-order valence-electron chi connectivity index (χ0n) is 16.5. The average Bonchev–Trinajstić information content (AvgIpc) is 2.90. The molecule has 2 saturated heterocycles. The molecule has 0 aromatic heterocycles. The number of hydrogen-bond donors (Lipinski definition) is 0. The third-order valence-corrected chi connectivity index (χ3v) is 7.89. The fraction of sp³-hybridized carbons (Fsp3) is 0.478. The van der Waals surface area contributed by atoms with E-state index in [0.29, 0.717) is 17.8 Å². The number of fused-ring (bicyclic) bond motifs is 4. The van der Waals surface area contributed by atoms with Crippen molar-refractivity contribution in [2.24, 2.45) is 0 Å². The quantitative estimate of drug-likeness (QED) is 0.585. The molecule has 3 aliphatic rings. The molecule has 3 unspecified atom stereocenters. The van der Waals surface area contributed by atoms with Crippen LogP contribution in [0.4, 0.5) is 0 Å². The second-order valence-electron chi connectivity index (χ2n) is 7.89. The zero-order chi connectivity index (χ0) is 19.7. The summed E-state index contributed by atoms with van der Waals surface area (Å²) in [5.74, 6) is 2.39. The fourth-order valence-electron chi connectivity index (χ4n) is 5.02. The Bertz CT molecular complexity index is 844. The van der Waals surface area contributed by atoms with Gasteiger partial charge in [-0.2, -0.15) is 0 Å². The van der Waals surface area contributed by atoms with Gasteiger partial charge in [0.05, 0.1) is 22.7 Å². The summed E-state index contributed by atoms with van der Waals surface area (Å²) >= 11 is 2.94. The Hall–Kier alpha value is -1.01. The van der Waals surface area contributed by atoms with E-state index in [1.54, 1.807) is 0 Å². The number of rotatable bonds is 2. The molecule has 0 amide bonds. The highest BCUT2D eigenvalue weighted by atomic mass is 79.9. The molecule has 0 spiro atoms. The zero-order valence-corrected chi connectivity index (χ0v) is 18.9. The monoisotopic (exact) mass is 461 g/mol. The molecule has 3 nitrogen and oxygen atoms in total. The minimum absolute atomic E-state index is 0.110. The van der Waals surface area contributed by atoms with Gasteiger partial charge in [-0.3, -0.25) is 4.21 Å². The molecule has 5 heteroatoms. The van der Waals surface area contributed by atoms with Crippen molar-refractivity contribution in [1.29, 1.82) is 0 Å². The van der Waals surface area contributed by atoms with E-state index in [9.17, 15) is 4.21 Å². The standard InChI is InChI=1S/C22H25NO2S.CH3Br/c1-23-16-10-11-17(23)13-18(12-16)25-22-19-7-3-2-6-15(19)14-26(24)21-9-5-4-8-20(21)22;1-2/h2-9,16-18,22H,10-14H2,1H3;1H3/t16-,17+,18?,22?,26?;. The Morgan fingerprint density at radius 1 is 0.964 bits per heavy atom. The molecule has 5 atom stereocenters. The summed E-state index contributed by atoms with van der Waals surface area (Å²) in [6.07, 6.45) is 4.97. The van der Waals surface area contributed by atoms with E-state index < -0.39 is 10.8 Å². The van der Waals surface area contributed by atoms with Gasteiger partial charge in [0.15, 0.2) is 0 Å². The van der Waals surface area contributed by atoms with Gasteiger partial charge in [-0.1, -0.05) is 58.4 Å². The predicted molar refractivity (Wildman–Crippen MR) is 118 cm³/mol. The third-order valence-electron chi connectivity index (χ3n) is 6.45. The van der Waals surface area contributed by atoms with Crippen molar-refractivity contribution in [3.63, 3.8) is 0 Å². The summed E-state index contributed by atoms with van der Waals surface area (Å²) in [5, 5.41) is 0. The lowest BCUT2D eigenvalue weighted by Gasteiger charge is -2.38. The molecule has 28 heavy (non-hydrogen) atoms. The van der Waals surface area contributed by atoms with Gasteiger partial charge in [0.2, 0.25) is 0 Å². The Morgan fingerprint density at radius 3 is 2.29 bits per heavy atom. The minimum atomic E-state index is -1.02. The molecule has 2 aromatic carbocycles. The van der Waals surface area contributed by atoms with Crippen LogP contribution < -0.4 is 0 Å². The topological polar surface area (TPSA) is 29.5 Å². The maximum Gasteiger partial charge on any atom is 0.109 e. The maximum absolute atomic E-state index is 12.9. The first-order chi connectivity index (χ1) is 13.7. The van der Waals surface area contributed by atoms with Crippen LogP contribution in [-0.4, -0.2) is 40.2 Å². The maximum atomic E-state index is 12.9. The molecule has 2 fully saturated rings. The smallest absolute Gasteiger partial charge is 0.109 e. The number of benzene rings is 2. The Labute approximate surface area is 179 Å². The van der Waals surface area contributed by atoms with Crippen molar-refractivity contribution < 1.29 is 8.95 Å². The Kier molecular flexibility index (Phi) is 6.36. The first-order valence-corrected chi connectivity index (χ1v) is 12.9. The van der Waals surface area contributed by atoms with Crippen LogP contribution in [0.1, 0.15) is 48.5 Å². The number of alkyl halides is 1. The second kappa shape index (κ2) is 8.78. The molecular weight excluding hydrogens is 434 g/mol. The van der Waals surface area contributed by atoms with Crippen LogP contribution in [0, 0.1) is 0 Å². The molecule has 2 bridgehead atoms. The van der Waals surface area contributed by atoms with E-state index in [-0.39, 0.29) is 12.2 Å². The van der Waals surface area contributed by atoms with Gasteiger partial charge < -0.3 is 9.64 Å². The van der Waals surface area contributed by atoms with E-state index in [2.05, 4.69) is 52.1 Å². The van der Waals surface area contributed by atoms with E-state index >= 15 is 0 Å². The van der Waals surface area contributed by atoms with Crippen molar-refractivity contribution in [3.8, 4) is 0 Å². The Balaban J connectivity index is 0.000000932. The van der Waals surface area contributed by atoms with Gasteiger partial charge in [0, 0.05) is 22.5 Å². The molecule has 0 aliphatic carbocycles. The Morgan fingerprint density at radius 2 is 1.57 bits per heavy atom. The van der Waals surface area contributed by atoms with Crippen LogP contribution in [0.2, 0.25) is 0 Å². The molecule has 3 heterocycles. The van der Waals surface area contributed by atoms with Gasteiger partial charge >= 0.3 is 0 Å². The highest BCUT2D eigenvalue weighted by Crippen LogP contribution is 2.42. The summed E-state index contributed by atoms with van der Waals surface area (Å²) in [6.45, 7) is 0. The van der Waals surface area contributed by atoms with Crippen molar-refractivity contribution in [1.82, 2.24) is 4.90 Å². The number of ether oxygens (including phenoxy) is 1. The second-order valence-corrected chi connectivity index (χ2v) is 9.31. The molecule has 0 N–H and O–H groups in total. The van der Waals surface area contributed by atoms with Crippen LogP contribution in [0.25, 0.3) is 0 Å².